The van der Waals surface area contributed by atoms with Gasteiger partial charge in [0.05, 0.1) is 0 Å². The Hall–Kier alpha value is -1.16. The van der Waals surface area contributed by atoms with E-state index < -0.39 is 0 Å². The zero-order valence-corrected chi connectivity index (χ0v) is 7.35. The summed E-state index contributed by atoms with van der Waals surface area (Å²) >= 11 is 0. The molecule has 0 bridgehead atoms. The number of H-pyrrole nitrogens is 1. The summed E-state index contributed by atoms with van der Waals surface area (Å²) < 4.78 is 0. The molecule has 0 radical (unpaired) electrons. The predicted molar refractivity (Wildman–Crippen MR) is 47.0 cm³/mol. The van der Waals surface area contributed by atoms with Gasteiger partial charge in [-0.25, -0.2) is 4.98 Å². The second kappa shape index (κ2) is 4.01. The van der Waals surface area contributed by atoms with Crippen LogP contribution in [0, 0.1) is 6.92 Å². The second-order valence-electron chi connectivity index (χ2n) is 2.60. The molecular formula is C8H13N3O. The van der Waals surface area contributed by atoms with E-state index >= 15 is 0 Å². The summed E-state index contributed by atoms with van der Waals surface area (Å²) in [6.45, 7) is 5.20. The maximum absolute atomic E-state index is 11.2. The lowest BCUT2D eigenvalue weighted by atomic mass is 10.3. The zero-order valence-electron chi connectivity index (χ0n) is 7.35. The Morgan fingerprint density at radius 1 is 1.67 bits per heavy atom. The van der Waals surface area contributed by atoms with Gasteiger partial charge in [0.15, 0.2) is 0 Å². The van der Waals surface area contributed by atoms with Gasteiger partial charge in [-0.3, -0.25) is 4.79 Å². The average molecular weight is 167 g/mol. The summed E-state index contributed by atoms with van der Waals surface area (Å²) in [5.41, 5.74) is 0.630. The van der Waals surface area contributed by atoms with Crippen LogP contribution in [0.1, 0.15) is 18.3 Å². The molecule has 4 nitrogen and oxygen atoms in total. The smallest absolute Gasteiger partial charge is 0.255 e. The van der Waals surface area contributed by atoms with Crippen LogP contribution in [0.15, 0.2) is 11.0 Å². The maximum Gasteiger partial charge on any atom is 0.255 e. The minimum atomic E-state index is -0.0524. The molecule has 4 heteroatoms. The molecule has 0 fully saturated rings. The molecule has 0 saturated heterocycles. The third kappa shape index (κ3) is 2.17. The molecule has 2 N–H and O–H groups in total. The predicted octanol–water partition coefficient (Wildman–Crippen LogP) is 0.188. The van der Waals surface area contributed by atoms with E-state index in [2.05, 4.69) is 15.3 Å². The summed E-state index contributed by atoms with van der Waals surface area (Å²) in [6, 6.07) is 0. The highest BCUT2D eigenvalue weighted by atomic mass is 16.1. The Labute approximate surface area is 71.0 Å². The van der Waals surface area contributed by atoms with E-state index in [1.54, 1.807) is 13.1 Å². The van der Waals surface area contributed by atoms with Crippen LogP contribution >= 0.6 is 0 Å². The van der Waals surface area contributed by atoms with Crippen molar-refractivity contribution >= 4 is 0 Å². The number of hydrogen-bond donors (Lipinski definition) is 2. The molecule has 0 aliphatic heterocycles. The molecule has 0 aliphatic rings. The lowest BCUT2D eigenvalue weighted by molar-refractivity contribution is 0.714. The molecule has 66 valence electrons. The molecule has 1 aromatic heterocycles. The first-order chi connectivity index (χ1) is 5.74. The number of aromatic amines is 1. The van der Waals surface area contributed by atoms with Crippen molar-refractivity contribution in [2.45, 2.75) is 20.4 Å². The molecule has 0 aliphatic carbocycles. The van der Waals surface area contributed by atoms with Crippen LogP contribution < -0.4 is 10.9 Å². The van der Waals surface area contributed by atoms with E-state index in [1.165, 1.54) is 0 Å². The van der Waals surface area contributed by atoms with Gasteiger partial charge in [0.25, 0.3) is 5.56 Å². The maximum atomic E-state index is 11.2. The molecule has 12 heavy (non-hydrogen) atoms. The number of aromatic nitrogens is 2. The quantitative estimate of drug-likeness (QED) is 0.675. The summed E-state index contributed by atoms with van der Waals surface area (Å²) in [7, 11) is 0. The van der Waals surface area contributed by atoms with Gasteiger partial charge in [-0.1, -0.05) is 6.92 Å². The summed E-state index contributed by atoms with van der Waals surface area (Å²) in [6.07, 6.45) is 1.61. The lowest BCUT2D eigenvalue weighted by Gasteiger charge is -1.99. The van der Waals surface area contributed by atoms with Crippen LogP contribution in [-0.4, -0.2) is 16.5 Å². The molecule has 1 heterocycles. The van der Waals surface area contributed by atoms with E-state index in [0.717, 1.165) is 6.54 Å². The van der Waals surface area contributed by atoms with Crippen LogP contribution in [0.4, 0.5) is 0 Å². The van der Waals surface area contributed by atoms with Crippen LogP contribution in [0.2, 0.25) is 0 Å². The van der Waals surface area contributed by atoms with Crippen molar-refractivity contribution in [1.82, 2.24) is 15.3 Å². The van der Waals surface area contributed by atoms with Crippen molar-refractivity contribution in [3.8, 4) is 0 Å². The van der Waals surface area contributed by atoms with E-state index in [9.17, 15) is 4.79 Å². The largest absolute Gasteiger partial charge is 0.313 e. The normalized spacial score (nSPS) is 10.2. The first-order valence-electron chi connectivity index (χ1n) is 3.99. The number of nitrogens with zero attached hydrogens (tertiary/aromatic N) is 1. The highest BCUT2D eigenvalue weighted by Crippen LogP contribution is 1.87. The molecule has 0 aromatic carbocycles. The van der Waals surface area contributed by atoms with Gasteiger partial charge in [-0.15, -0.1) is 0 Å². The summed E-state index contributed by atoms with van der Waals surface area (Å²) in [5, 5.41) is 3.06. The first kappa shape index (κ1) is 8.93. The average Bonchev–Trinajstić information content (AvgIpc) is 2.03. The van der Waals surface area contributed by atoms with Crippen LogP contribution in [0.3, 0.4) is 0 Å². The molecule has 0 amide bonds. The van der Waals surface area contributed by atoms with Gasteiger partial charge >= 0.3 is 0 Å². The topological polar surface area (TPSA) is 57.8 Å². The van der Waals surface area contributed by atoms with Gasteiger partial charge in [-0.05, 0) is 13.5 Å². The van der Waals surface area contributed by atoms with Gasteiger partial charge < -0.3 is 10.3 Å². The first-order valence-corrected chi connectivity index (χ1v) is 3.99. The Morgan fingerprint density at radius 3 is 3.00 bits per heavy atom. The number of aryl methyl sites for hydroxylation is 1. The monoisotopic (exact) mass is 167 g/mol. The number of rotatable bonds is 3. The van der Waals surface area contributed by atoms with Crippen LogP contribution in [0.5, 0.6) is 0 Å². The van der Waals surface area contributed by atoms with Gasteiger partial charge in [0.1, 0.15) is 5.82 Å². The fourth-order valence-electron chi connectivity index (χ4n) is 0.896. The molecule has 0 atom stereocenters. The fraction of sp³-hybridized carbons (Fsp3) is 0.500. The van der Waals surface area contributed by atoms with Crippen molar-refractivity contribution in [3.05, 3.63) is 27.9 Å². The summed E-state index contributed by atoms with van der Waals surface area (Å²) in [4.78, 5) is 17.8. The van der Waals surface area contributed by atoms with Crippen molar-refractivity contribution in [2.75, 3.05) is 6.54 Å². The Kier molecular flexibility index (Phi) is 2.99. The lowest BCUT2D eigenvalue weighted by Crippen LogP contribution is -2.21. The van der Waals surface area contributed by atoms with Crippen LogP contribution in [0.25, 0.3) is 0 Å². The molecular weight excluding hydrogens is 154 g/mol. The van der Waals surface area contributed by atoms with Crippen molar-refractivity contribution < 1.29 is 0 Å². The SMILES string of the molecule is CCNCc1cnc(C)[nH]c1=O. The standard InChI is InChI=1S/C8H13N3O/c1-3-9-4-7-5-10-6(2)11-8(7)12/h5,9H,3-4H2,1-2H3,(H,10,11,12). The Balaban J connectivity index is 2.80. The number of nitrogens with one attached hydrogen (secondary N) is 2. The highest BCUT2D eigenvalue weighted by molar-refractivity contribution is 5.04. The third-order valence-corrected chi connectivity index (χ3v) is 1.57. The molecule has 1 rings (SSSR count). The molecule has 0 spiro atoms. The van der Waals surface area contributed by atoms with Gasteiger partial charge in [-0.2, -0.15) is 0 Å². The second-order valence-corrected chi connectivity index (χ2v) is 2.60. The molecule has 1 aromatic rings. The van der Waals surface area contributed by atoms with E-state index in [4.69, 9.17) is 0 Å². The third-order valence-electron chi connectivity index (χ3n) is 1.57. The molecule has 0 unspecified atom stereocenters. The number of hydrogen-bond acceptors (Lipinski definition) is 3. The van der Waals surface area contributed by atoms with Gasteiger partial charge in [0.2, 0.25) is 0 Å². The van der Waals surface area contributed by atoms with E-state index in [1.807, 2.05) is 6.92 Å². The van der Waals surface area contributed by atoms with Crippen LogP contribution in [-0.2, 0) is 6.54 Å². The van der Waals surface area contributed by atoms with Crippen molar-refractivity contribution in [1.29, 1.82) is 0 Å². The fourth-order valence-corrected chi connectivity index (χ4v) is 0.896. The van der Waals surface area contributed by atoms with Crippen molar-refractivity contribution in [2.24, 2.45) is 0 Å². The van der Waals surface area contributed by atoms with E-state index in [0.29, 0.717) is 17.9 Å². The summed E-state index contributed by atoms with van der Waals surface area (Å²) in [5.74, 6) is 0.653. The van der Waals surface area contributed by atoms with E-state index in [-0.39, 0.29) is 5.56 Å². The highest BCUT2D eigenvalue weighted by Gasteiger charge is 1.97. The van der Waals surface area contributed by atoms with Gasteiger partial charge in [0, 0.05) is 18.3 Å². The Morgan fingerprint density at radius 2 is 2.42 bits per heavy atom. The minimum Gasteiger partial charge on any atom is -0.313 e. The molecule has 0 saturated carbocycles. The minimum absolute atomic E-state index is 0.0524. The zero-order chi connectivity index (χ0) is 8.97. The van der Waals surface area contributed by atoms with Crippen molar-refractivity contribution in [3.63, 3.8) is 0 Å². The Bertz CT molecular complexity index is 305.